The van der Waals surface area contributed by atoms with Crippen LogP contribution in [0.15, 0.2) is 12.1 Å². The molecular weight excluding hydrogens is 262 g/mol. The number of aliphatic carboxylic acids is 1. The summed E-state index contributed by atoms with van der Waals surface area (Å²) in [5.74, 6) is -4.10. The average molecular weight is 269 g/mol. The number of hydrogen-bond acceptors (Lipinski definition) is 4. The van der Waals surface area contributed by atoms with E-state index in [2.05, 4.69) is 4.74 Å². The molecule has 0 fully saturated rings. The minimum absolute atomic E-state index is 0.370. The highest BCUT2D eigenvalue weighted by molar-refractivity contribution is 5.75. The molecule has 0 aliphatic rings. The van der Waals surface area contributed by atoms with Gasteiger partial charge in [0, 0.05) is 11.6 Å². The van der Waals surface area contributed by atoms with E-state index in [1.807, 2.05) is 0 Å². The Kier molecular flexibility index (Phi) is 3.65. The number of carboxylic acid groups (broad SMARTS) is 1. The van der Waals surface area contributed by atoms with Gasteiger partial charge in [0.15, 0.2) is 6.10 Å². The zero-order valence-electron chi connectivity index (χ0n) is 8.53. The molecule has 0 radical (unpaired) electrons. The van der Waals surface area contributed by atoms with Crippen LogP contribution >= 0.6 is 0 Å². The summed E-state index contributed by atoms with van der Waals surface area (Å²) in [6, 6.07) is 0.819. The van der Waals surface area contributed by atoms with Gasteiger partial charge in [-0.25, -0.2) is 9.18 Å². The van der Waals surface area contributed by atoms with Crippen molar-refractivity contribution in [1.82, 2.24) is 0 Å². The largest absolute Gasteiger partial charge is 0.573 e. The highest BCUT2D eigenvalue weighted by Crippen LogP contribution is 2.33. The Morgan fingerprint density at radius 1 is 1.39 bits per heavy atom. The van der Waals surface area contributed by atoms with Gasteiger partial charge in [-0.05, 0) is 6.07 Å². The first kappa shape index (κ1) is 14.0. The molecule has 4 N–H and O–H groups in total. The summed E-state index contributed by atoms with van der Waals surface area (Å²) in [4.78, 5) is 10.5. The summed E-state index contributed by atoms with van der Waals surface area (Å²) >= 11 is 0. The van der Waals surface area contributed by atoms with Gasteiger partial charge in [-0.1, -0.05) is 0 Å². The second-order valence-corrected chi connectivity index (χ2v) is 3.20. The van der Waals surface area contributed by atoms with E-state index < -0.39 is 41.3 Å². The Bertz CT molecular complexity index is 474. The standard InChI is InChI=1S/C9H7F4NO4/c10-4-1-3(7(15)8(16)17)6(2-5(4)14)18-9(11,12)13/h1-2,7,15H,14H2,(H,16,17). The number of aliphatic hydroxyl groups is 1. The lowest BCUT2D eigenvalue weighted by atomic mass is 10.1. The van der Waals surface area contributed by atoms with Gasteiger partial charge in [0.1, 0.15) is 11.6 Å². The van der Waals surface area contributed by atoms with Crippen molar-refractivity contribution >= 4 is 11.7 Å². The van der Waals surface area contributed by atoms with Crippen LogP contribution in [0.4, 0.5) is 23.2 Å². The number of benzene rings is 1. The Morgan fingerprint density at radius 3 is 2.39 bits per heavy atom. The predicted octanol–water partition coefficient (Wildman–Crippen LogP) is 1.42. The van der Waals surface area contributed by atoms with Crippen LogP contribution in [0.1, 0.15) is 11.7 Å². The molecule has 1 atom stereocenters. The Hall–Kier alpha value is -2.03. The Morgan fingerprint density at radius 2 is 1.94 bits per heavy atom. The van der Waals surface area contributed by atoms with E-state index in [9.17, 15) is 22.4 Å². The molecule has 1 aromatic rings. The monoisotopic (exact) mass is 269 g/mol. The number of aliphatic hydroxyl groups excluding tert-OH is 1. The lowest BCUT2D eigenvalue weighted by molar-refractivity contribution is -0.275. The number of nitrogens with two attached hydrogens (primary N) is 1. The van der Waals surface area contributed by atoms with Crippen molar-refractivity contribution in [2.45, 2.75) is 12.5 Å². The quantitative estimate of drug-likeness (QED) is 0.570. The summed E-state index contributed by atoms with van der Waals surface area (Å²) < 4.78 is 52.6. The third-order valence-electron chi connectivity index (χ3n) is 1.88. The molecule has 0 saturated heterocycles. The van der Waals surface area contributed by atoms with Crippen molar-refractivity contribution in [2.75, 3.05) is 5.73 Å². The van der Waals surface area contributed by atoms with E-state index in [1.54, 1.807) is 0 Å². The maximum atomic E-state index is 13.0. The van der Waals surface area contributed by atoms with Crippen molar-refractivity contribution in [3.05, 3.63) is 23.5 Å². The van der Waals surface area contributed by atoms with E-state index in [0.29, 0.717) is 12.1 Å². The van der Waals surface area contributed by atoms with Gasteiger partial charge in [0.05, 0.1) is 5.69 Å². The van der Waals surface area contributed by atoms with Gasteiger partial charge in [-0.3, -0.25) is 0 Å². The number of hydrogen-bond donors (Lipinski definition) is 3. The van der Waals surface area contributed by atoms with Crippen LogP contribution in [0.5, 0.6) is 5.75 Å². The first-order chi connectivity index (χ1) is 8.11. The molecule has 0 bridgehead atoms. The van der Waals surface area contributed by atoms with Crippen LogP contribution in [0.2, 0.25) is 0 Å². The SMILES string of the molecule is Nc1cc(OC(F)(F)F)c(C(O)C(=O)O)cc1F. The lowest BCUT2D eigenvalue weighted by Crippen LogP contribution is -2.20. The maximum Gasteiger partial charge on any atom is 0.573 e. The highest BCUT2D eigenvalue weighted by Gasteiger charge is 2.34. The fraction of sp³-hybridized carbons (Fsp3) is 0.222. The Labute approximate surface area is 97.4 Å². The smallest absolute Gasteiger partial charge is 0.479 e. The van der Waals surface area contributed by atoms with E-state index in [0.717, 1.165) is 0 Å². The first-order valence-corrected chi connectivity index (χ1v) is 4.37. The number of carboxylic acids is 1. The minimum Gasteiger partial charge on any atom is -0.479 e. The van der Waals surface area contributed by atoms with Crippen LogP contribution in [-0.2, 0) is 4.79 Å². The van der Waals surface area contributed by atoms with Gasteiger partial charge in [0.25, 0.3) is 0 Å². The second kappa shape index (κ2) is 4.69. The molecule has 0 amide bonds. The number of nitrogen functional groups attached to an aromatic ring is 1. The highest BCUT2D eigenvalue weighted by atomic mass is 19.4. The van der Waals surface area contributed by atoms with Crippen LogP contribution in [-0.4, -0.2) is 22.5 Å². The molecular formula is C9H7F4NO4. The molecule has 0 spiro atoms. The molecule has 5 nitrogen and oxygen atoms in total. The third-order valence-corrected chi connectivity index (χ3v) is 1.88. The van der Waals surface area contributed by atoms with Gasteiger partial charge < -0.3 is 20.7 Å². The van der Waals surface area contributed by atoms with Gasteiger partial charge >= 0.3 is 12.3 Å². The van der Waals surface area contributed by atoms with Crippen molar-refractivity contribution in [3.63, 3.8) is 0 Å². The van der Waals surface area contributed by atoms with Crippen LogP contribution < -0.4 is 10.5 Å². The van der Waals surface area contributed by atoms with Crippen LogP contribution in [0.3, 0.4) is 0 Å². The first-order valence-electron chi connectivity index (χ1n) is 4.37. The molecule has 18 heavy (non-hydrogen) atoms. The van der Waals surface area contributed by atoms with Crippen LogP contribution in [0, 0.1) is 5.82 Å². The van der Waals surface area contributed by atoms with E-state index in [4.69, 9.17) is 15.9 Å². The van der Waals surface area contributed by atoms with E-state index in [-0.39, 0.29) is 0 Å². The lowest BCUT2D eigenvalue weighted by Gasteiger charge is -2.16. The number of anilines is 1. The number of ether oxygens (including phenoxy) is 1. The second-order valence-electron chi connectivity index (χ2n) is 3.20. The summed E-state index contributed by atoms with van der Waals surface area (Å²) in [7, 11) is 0. The Balaban J connectivity index is 3.29. The zero-order chi connectivity index (χ0) is 14.1. The molecule has 9 heteroatoms. The fourth-order valence-electron chi connectivity index (χ4n) is 1.14. The summed E-state index contributed by atoms with van der Waals surface area (Å²) in [5, 5.41) is 17.6. The van der Waals surface area contributed by atoms with Crippen molar-refractivity contribution < 1.29 is 37.3 Å². The number of halogens is 4. The molecule has 0 saturated carbocycles. The van der Waals surface area contributed by atoms with Gasteiger partial charge in [0.2, 0.25) is 0 Å². The average Bonchev–Trinajstić information content (AvgIpc) is 2.19. The van der Waals surface area contributed by atoms with Crippen LogP contribution in [0.25, 0.3) is 0 Å². The molecule has 1 rings (SSSR count). The van der Waals surface area contributed by atoms with Gasteiger partial charge in [-0.2, -0.15) is 0 Å². The van der Waals surface area contributed by atoms with Crippen molar-refractivity contribution in [2.24, 2.45) is 0 Å². The minimum atomic E-state index is -5.13. The molecule has 1 unspecified atom stereocenters. The van der Waals surface area contributed by atoms with Crippen molar-refractivity contribution in [1.29, 1.82) is 0 Å². The third kappa shape index (κ3) is 3.23. The van der Waals surface area contributed by atoms with E-state index >= 15 is 0 Å². The summed E-state index contributed by atoms with van der Waals surface area (Å²) in [5.41, 5.74) is 3.48. The predicted molar refractivity (Wildman–Crippen MR) is 50.1 cm³/mol. The molecule has 0 heterocycles. The topological polar surface area (TPSA) is 92.8 Å². The molecule has 0 aliphatic carbocycles. The van der Waals surface area contributed by atoms with Gasteiger partial charge in [-0.15, -0.1) is 13.2 Å². The number of alkyl halides is 3. The molecule has 0 aliphatic heterocycles. The van der Waals surface area contributed by atoms with Crippen molar-refractivity contribution in [3.8, 4) is 5.75 Å². The zero-order valence-corrected chi connectivity index (χ0v) is 8.53. The normalized spacial score (nSPS) is 13.2. The molecule has 100 valence electrons. The number of carbonyl (C=O) groups is 1. The fourth-order valence-corrected chi connectivity index (χ4v) is 1.14. The molecule has 1 aromatic carbocycles. The maximum absolute atomic E-state index is 13.0. The summed E-state index contributed by atoms with van der Waals surface area (Å²) in [6.07, 6.45) is -7.49. The number of rotatable bonds is 3. The summed E-state index contributed by atoms with van der Waals surface area (Å²) in [6.45, 7) is 0. The van der Waals surface area contributed by atoms with E-state index in [1.165, 1.54) is 0 Å². The molecule has 0 aromatic heterocycles.